The number of fused-ring (bicyclic) bond motifs is 1. The molecular weight excluding hydrogens is 274 g/mol. The first-order chi connectivity index (χ1) is 9.78. The molecule has 4 nitrogen and oxygen atoms in total. The van der Waals surface area contributed by atoms with Crippen LogP contribution in [0.1, 0.15) is 24.6 Å². The van der Waals surface area contributed by atoms with Crippen molar-refractivity contribution in [3.05, 3.63) is 59.3 Å². The summed E-state index contributed by atoms with van der Waals surface area (Å²) in [6.45, 7) is 2.83. The molecule has 0 fully saturated rings. The lowest BCUT2D eigenvalue weighted by Gasteiger charge is -2.13. The van der Waals surface area contributed by atoms with E-state index in [1.165, 1.54) is 0 Å². The second-order valence-electron chi connectivity index (χ2n) is 4.43. The monoisotopic (exact) mass is 287 g/mol. The van der Waals surface area contributed by atoms with Gasteiger partial charge in [0.25, 0.3) is 0 Å². The van der Waals surface area contributed by atoms with Gasteiger partial charge < -0.3 is 9.73 Å². The van der Waals surface area contributed by atoms with E-state index in [4.69, 9.17) is 16.0 Å². The third-order valence-electron chi connectivity index (χ3n) is 3.03. The highest BCUT2D eigenvalue weighted by molar-refractivity contribution is 6.31. The van der Waals surface area contributed by atoms with E-state index in [2.05, 4.69) is 15.3 Å². The third-order valence-corrected chi connectivity index (χ3v) is 3.27. The zero-order valence-electron chi connectivity index (χ0n) is 11.0. The van der Waals surface area contributed by atoms with Crippen molar-refractivity contribution < 1.29 is 4.42 Å². The molecule has 0 aliphatic heterocycles. The molecular formula is C15H14ClN3O. The van der Waals surface area contributed by atoms with Gasteiger partial charge in [0, 0.05) is 22.8 Å². The molecule has 0 radical (unpaired) electrons. The van der Waals surface area contributed by atoms with Gasteiger partial charge >= 0.3 is 0 Å². The lowest BCUT2D eigenvalue weighted by atomic mass is 10.2. The molecule has 3 aromatic rings. The van der Waals surface area contributed by atoms with Crippen LogP contribution in [0.15, 0.2) is 47.1 Å². The maximum absolute atomic E-state index is 6.00. The number of nitrogens with one attached hydrogen (secondary N) is 1. The molecule has 0 aliphatic rings. The van der Waals surface area contributed by atoms with Crippen LogP contribution in [0, 0.1) is 0 Å². The van der Waals surface area contributed by atoms with E-state index in [9.17, 15) is 0 Å². The van der Waals surface area contributed by atoms with E-state index in [-0.39, 0.29) is 6.04 Å². The lowest BCUT2D eigenvalue weighted by Crippen LogP contribution is -2.23. The van der Waals surface area contributed by atoms with Gasteiger partial charge in [-0.15, -0.1) is 0 Å². The third kappa shape index (κ3) is 2.53. The summed E-state index contributed by atoms with van der Waals surface area (Å²) in [6.07, 6.45) is 3.46. The molecule has 2 heterocycles. The second-order valence-corrected chi connectivity index (χ2v) is 4.87. The number of aromatic nitrogens is 2. The molecule has 0 saturated carbocycles. The Bertz CT molecular complexity index is 711. The van der Waals surface area contributed by atoms with Gasteiger partial charge in [0.15, 0.2) is 5.82 Å². The Kier molecular flexibility index (Phi) is 3.67. The first-order valence-electron chi connectivity index (χ1n) is 6.47. The Balaban J connectivity index is 2.05. The highest BCUT2D eigenvalue weighted by Gasteiger charge is 2.20. The molecule has 20 heavy (non-hydrogen) atoms. The summed E-state index contributed by atoms with van der Waals surface area (Å²) in [7, 11) is 0. The zero-order chi connectivity index (χ0) is 13.9. The van der Waals surface area contributed by atoms with Crippen molar-refractivity contribution in [1.29, 1.82) is 0 Å². The van der Waals surface area contributed by atoms with Crippen LogP contribution in [0.2, 0.25) is 5.02 Å². The molecule has 2 aromatic heterocycles. The van der Waals surface area contributed by atoms with Gasteiger partial charge in [-0.05, 0) is 36.9 Å². The topological polar surface area (TPSA) is 51.0 Å². The average molecular weight is 288 g/mol. The van der Waals surface area contributed by atoms with Gasteiger partial charge in [-0.2, -0.15) is 0 Å². The summed E-state index contributed by atoms with van der Waals surface area (Å²) in [5.74, 6) is 1.48. The summed E-state index contributed by atoms with van der Waals surface area (Å²) < 4.78 is 5.89. The second kappa shape index (κ2) is 5.61. The van der Waals surface area contributed by atoms with Crippen molar-refractivity contribution in [3.63, 3.8) is 0 Å². The van der Waals surface area contributed by atoms with Gasteiger partial charge in [0.1, 0.15) is 17.4 Å². The van der Waals surface area contributed by atoms with Crippen LogP contribution in [0.3, 0.4) is 0 Å². The van der Waals surface area contributed by atoms with E-state index < -0.39 is 0 Å². The van der Waals surface area contributed by atoms with Crippen LogP contribution in [-0.4, -0.2) is 16.5 Å². The van der Waals surface area contributed by atoms with Crippen molar-refractivity contribution in [2.75, 3.05) is 6.54 Å². The standard InChI is InChI=1S/C15H14ClN3O/c1-2-17-14(15-18-6-3-7-19-15)13-9-10-8-11(16)4-5-12(10)20-13/h3-9,14,17H,2H2,1H3. The van der Waals surface area contributed by atoms with E-state index in [1.807, 2.05) is 31.2 Å². The fourth-order valence-electron chi connectivity index (χ4n) is 2.16. The number of hydrogen-bond acceptors (Lipinski definition) is 4. The molecule has 0 aliphatic carbocycles. The van der Waals surface area contributed by atoms with Gasteiger partial charge in [0.2, 0.25) is 0 Å². The molecule has 0 spiro atoms. The Hall–Kier alpha value is -1.91. The van der Waals surface area contributed by atoms with E-state index >= 15 is 0 Å². The SMILES string of the molecule is CCNC(c1ncccn1)c1cc2cc(Cl)ccc2o1. The molecule has 5 heteroatoms. The van der Waals surface area contributed by atoms with Crippen LogP contribution < -0.4 is 5.32 Å². The predicted octanol–water partition coefficient (Wildman–Crippen LogP) is 3.58. The maximum atomic E-state index is 6.00. The Morgan fingerprint density at radius 1 is 1.25 bits per heavy atom. The largest absolute Gasteiger partial charge is 0.459 e. The van der Waals surface area contributed by atoms with Gasteiger partial charge in [-0.1, -0.05) is 18.5 Å². The zero-order valence-corrected chi connectivity index (χ0v) is 11.8. The normalized spacial score (nSPS) is 12.7. The number of hydrogen-bond donors (Lipinski definition) is 1. The quantitative estimate of drug-likeness (QED) is 0.797. The van der Waals surface area contributed by atoms with Crippen molar-refractivity contribution in [1.82, 2.24) is 15.3 Å². The average Bonchev–Trinajstić information content (AvgIpc) is 2.88. The van der Waals surface area contributed by atoms with Gasteiger partial charge in [-0.25, -0.2) is 9.97 Å². The van der Waals surface area contributed by atoms with Crippen molar-refractivity contribution in [2.24, 2.45) is 0 Å². The van der Waals surface area contributed by atoms with Crippen molar-refractivity contribution in [2.45, 2.75) is 13.0 Å². The van der Waals surface area contributed by atoms with Crippen molar-refractivity contribution in [3.8, 4) is 0 Å². The van der Waals surface area contributed by atoms with E-state index in [0.29, 0.717) is 10.8 Å². The van der Waals surface area contributed by atoms with E-state index in [0.717, 1.165) is 23.3 Å². The predicted molar refractivity (Wildman–Crippen MR) is 78.8 cm³/mol. The molecule has 102 valence electrons. The fourth-order valence-corrected chi connectivity index (χ4v) is 2.34. The minimum atomic E-state index is -0.160. The van der Waals surface area contributed by atoms with Crippen LogP contribution in [0.4, 0.5) is 0 Å². The maximum Gasteiger partial charge on any atom is 0.152 e. The summed E-state index contributed by atoms with van der Waals surface area (Å²) in [6, 6.07) is 9.19. The van der Waals surface area contributed by atoms with Crippen LogP contribution >= 0.6 is 11.6 Å². The summed E-state index contributed by atoms with van der Waals surface area (Å²) >= 11 is 6.00. The molecule has 1 aromatic carbocycles. The minimum Gasteiger partial charge on any atom is -0.459 e. The van der Waals surface area contributed by atoms with Crippen LogP contribution in [0.5, 0.6) is 0 Å². The van der Waals surface area contributed by atoms with Gasteiger partial charge in [-0.3, -0.25) is 0 Å². The number of benzene rings is 1. The highest BCUT2D eigenvalue weighted by Crippen LogP contribution is 2.28. The van der Waals surface area contributed by atoms with Gasteiger partial charge in [0.05, 0.1) is 0 Å². The Labute approximate surface area is 121 Å². The Morgan fingerprint density at radius 2 is 2.05 bits per heavy atom. The summed E-state index contributed by atoms with van der Waals surface area (Å²) in [4.78, 5) is 8.60. The Morgan fingerprint density at radius 3 is 2.80 bits per heavy atom. The van der Waals surface area contributed by atoms with Crippen LogP contribution in [-0.2, 0) is 0 Å². The number of furan rings is 1. The first-order valence-corrected chi connectivity index (χ1v) is 6.85. The minimum absolute atomic E-state index is 0.160. The molecule has 1 unspecified atom stereocenters. The molecule has 1 atom stereocenters. The molecule has 1 N–H and O–H groups in total. The summed E-state index contributed by atoms with van der Waals surface area (Å²) in [5, 5.41) is 5.01. The number of nitrogens with zero attached hydrogens (tertiary/aromatic N) is 2. The molecule has 0 bridgehead atoms. The molecule has 3 rings (SSSR count). The fraction of sp³-hybridized carbons (Fsp3) is 0.200. The van der Waals surface area contributed by atoms with Crippen molar-refractivity contribution >= 4 is 22.6 Å². The lowest BCUT2D eigenvalue weighted by molar-refractivity contribution is 0.464. The van der Waals surface area contributed by atoms with Crippen LogP contribution in [0.25, 0.3) is 11.0 Å². The first kappa shape index (κ1) is 13.1. The number of halogens is 1. The highest BCUT2D eigenvalue weighted by atomic mass is 35.5. The summed E-state index contributed by atoms with van der Waals surface area (Å²) in [5.41, 5.74) is 0.809. The number of rotatable bonds is 4. The molecule has 0 saturated heterocycles. The molecule has 0 amide bonds. The van der Waals surface area contributed by atoms with E-state index in [1.54, 1.807) is 18.5 Å². The smallest absolute Gasteiger partial charge is 0.152 e.